The summed E-state index contributed by atoms with van der Waals surface area (Å²) in [5.74, 6) is 0. The molecule has 1 aliphatic heterocycles. The highest BCUT2D eigenvalue weighted by atomic mass is 16.1. The molecule has 128 valence electrons. The highest BCUT2D eigenvalue weighted by molar-refractivity contribution is 5.43. The minimum atomic E-state index is -0.0311. The van der Waals surface area contributed by atoms with Crippen LogP contribution >= 0.6 is 0 Å². The first kappa shape index (κ1) is 16.6. The molecule has 3 rings (SSSR count). The summed E-state index contributed by atoms with van der Waals surface area (Å²) in [6, 6.07) is 7.82. The Morgan fingerprint density at radius 2 is 2.17 bits per heavy atom. The van der Waals surface area contributed by atoms with Crippen LogP contribution in [0, 0.1) is 6.92 Å². The second kappa shape index (κ2) is 8.06. The molecule has 6 nitrogen and oxygen atoms in total. The van der Waals surface area contributed by atoms with Crippen LogP contribution in [-0.2, 0) is 6.54 Å². The van der Waals surface area contributed by atoms with Gasteiger partial charge in [-0.05, 0) is 44.5 Å². The van der Waals surface area contributed by atoms with Crippen LogP contribution in [0.5, 0.6) is 0 Å². The number of likely N-dealkylation sites (tertiary alicyclic amines) is 1. The third-order valence-corrected chi connectivity index (χ3v) is 4.57. The van der Waals surface area contributed by atoms with Gasteiger partial charge in [-0.2, -0.15) is 5.10 Å². The van der Waals surface area contributed by atoms with Crippen molar-refractivity contribution in [3.05, 3.63) is 52.7 Å². The highest BCUT2D eigenvalue weighted by Gasteiger charge is 2.22. The van der Waals surface area contributed by atoms with Gasteiger partial charge in [-0.25, -0.2) is 4.68 Å². The fraction of sp³-hybridized carbons (Fsp3) is 0.500. The lowest BCUT2D eigenvalue weighted by Gasteiger charge is -2.36. The van der Waals surface area contributed by atoms with Gasteiger partial charge in [0.1, 0.15) is 0 Å². The average molecular weight is 327 g/mol. The predicted molar refractivity (Wildman–Crippen MR) is 95.2 cm³/mol. The maximum atomic E-state index is 11.8. The van der Waals surface area contributed by atoms with Gasteiger partial charge in [-0.1, -0.05) is 6.42 Å². The molecule has 2 aromatic rings. The Morgan fingerprint density at radius 1 is 1.25 bits per heavy atom. The van der Waals surface area contributed by atoms with Crippen LogP contribution in [0.25, 0.3) is 0 Å². The standard InChI is InChI=1S/C18H25N5O/c1-15-13-16(7-9-19-15)20-14-17-5-2-3-10-22(17)11-12-23-18(24)6-4-8-21-23/h4,6-9,13,17H,2-3,5,10-12,14H2,1H3,(H,19,20). The molecule has 0 radical (unpaired) electrons. The van der Waals surface area contributed by atoms with Crippen molar-refractivity contribution in [1.82, 2.24) is 19.7 Å². The van der Waals surface area contributed by atoms with Crippen molar-refractivity contribution >= 4 is 5.69 Å². The molecule has 6 heteroatoms. The lowest BCUT2D eigenvalue weighted by Crippen LogP contribution is -2.45. The van der Waals surface area contributed by atoms with E-state index in [2.05, 4.69) is 26.4 Å². The van der Waals surface area contributed by atoms with Crippen molar-refractivity contribution in [1.29, 1.82) is 0 Å². The van der Waals surface area contributed by atoms with E-state index in [1.807, 2.05) is 19.2 Å². The number of aryl methyl sites for hydroxylation is 1. The number of rotatable bonds is 6. The Kier molecular flexibility index (Phi) is 5.59. The number of nitrogens with one attached hydrogen (secondary N) is 1. The Balaban J connectivity index is 1.57. The molecule has 1 aliphatic rings. The second-order valence-corrected chi connectivity index (χ2v) is 6.34. The first-order chi connectivity index (χ1) is 11.7. The first-order valence-corrected chi connectivity index (χ1v) is 8.65. The van der Waals surface area contributed by atoms with Crippen molar-refractivity contribution in [2.45, 2.75) is 38.8 Å². The van der Waals surface area contributed by atoms with Crippen molar-refractivity contribution in [3.63, 3.8) is 0 Å². The molecule has 0 bridgehead atoms. The summed E-state index contributed by atoms with van der Waals surface area (Å²) < 4.78 is 1.55. The highest BCUT2D eigenvalue weighted by Crippen LogP contribution is 2.18. The molecular weight excluding hydrogens is 302 g/mol. The fourth-order valence-corrected chi connectivity index (χ4v) is 3.26. The van der Waals surface area contributed by atoms with Crippen LogP contribution in [0.15, 0.2) is 41.5 Å². The van der Waals surface area contributed by atoms with E-state index in [-0.39, 0.29) is 5.56 Å². The number of hydrogen-bond donors (Lipinski definition) is 1. The SMILES string of the molecule is Cc1cc(NCC2CCCCN2CCn2ncccc2=O)ccn1. The van der Waals surface area contributed by atoms with Gasteiger partial charge in [0.2, 0.25) is 0 Å². The maximum absolute atomic E-state index is 11.8. The zero-order chi connectivity index (χ0) is 16.8. The topological polar surface area (TPSA) is 63.1 Å². The normalized spacial score (nSPS) is 18.5. The van der Waals surface area contributed by atoms with Gasteiger partial charge in [0.15, 0.2) is 0 Å². The number of pyridine rings is 1. The second-order valence-electron chi connectivity index (χ2n) is 6.34. The van der Waals surface area contributed by atoms with E-state index in [0.29, 0.717) is 12.6 Å². The molecule has 3 heterocycles. The van der Waals surface area contributed by atoms with E-state index in [9.17, 15) is 4.79 Å². The van der Waals surface area contributed by atoms with Gasteiger partial charge < -0.3 is 5.32 Å². The lowest BCUT2D eigenvalue weighted by atomic mass is 10.0. The number of nitrogens with zero attached hydrogens (tertiary/aromatic N) is 4. The van der Waals surface area contributed by atoms with Crippen LogP contribution in [0.3, 0.4) is 0 Å². The summed E-state index contributed by atoms with van der Waals surface area (Å²) in [7, 11) is 0. The monoisotopic (exact) mass is 327 g/mol. The van der Waals surface area contributed by atoms with E-state index in [4.69, 9.17) is 0 Å². The summed E-state index contributed by atoms with van der Waals surface area (Å²) in [4.78, 5) is 18.5. The average Bonchev–Trinajstić information content (AvgIpc) is 2.60. The Hall–Kier alpha value is -2.21. The fourth-order valence-electron chi connectivity index (χ4n) is 3.26. The molecule has 0 spiro atoms. The summed E-state index contributed by atoms with van der Waals surface area (Å²) in [6.07, 6.45) is 7.18. The van der Waals surface area contributed by atoms with Gasteiger partial charge in [-0.3, -0.25) is 14.7 Å². The van der Waals surface area contributed by atoms with Crippen LogP contribution < -0.4 is 10.9 Å². The first-order valence-electron chi connectivity index (χ1n) is 8.65. The molecular formula is C18H25N5O. The minimum absolute atomic E-state index is 0.0311. The third kappa shape index (κ3) is 4.41. The zero-order valence-corrected chi connectivity index (χ0v) is 14.2. The number of piperidine rings is 1. The Bertz CT molecular complexity index is 714. The van der Waals surface area contributed by atoms with Crippen molar-refractivity contribution in [3.8, 4) is 0 Å². The van der Waals surface area contributed by atoms with Crippen molar-refractivity contribution < 1.29 is 0 Å². The lowest BCUT2D eigenvalue weighted by molar-refractivity contribution is 0.148. The summed E-state index contributed by atoms with van der Waals surface area (Å²) in [5.41, 5.74) is 2.11. The van der Waals surface area contributed by atoms with Crippen LogP contribution in [0.2, 0.25) is 0 Å². The Labute approximate surface area is 142 Å². The molecule has 0 saturated carbocycles. The van der Waals surface area contributed by atoms with E-state index < -0.39 is 0 Å². The molecule has 0 amide bonds. The maximum Gasteiger partial charge on any atom is 0.266 e. The predicted octanol–water partition coefficient (Wildman–Crippen LogP) is 1.91. The zero-order valence-electron chi connectivity index (χ0n) is 14.2. The molecule has 0 aromatic carbocycles. The minimum Gasteiger partial charge on any atom is -0.383 e. The quantitative estimate of drug-likeness (QED) is 0.878. The third-order valence-electron chi connectivity index (χ3n) is 4.57. The van der Waals surface area contributed by atoms with Gasteiger partial charge in [-0.15, -0.1) is 0 Å². The Morgan fingerprint density at radius 3 is 3.00 bits per heavy atom. The molecule has 1 atom stereocenters. The van der Waals surface area contributed by atoms with Crippen molar-refractivity contribution in [2.75, 3.05) is 25.0 Å². The van der Waals surface area contributed by atoms with Crippen molar-refractivity contribution in [2.24, 2.45) is 0 Å². The summed E-state index contributed by atoms with van der Waals surface area (Å²) in [6.45, 7) is 5.51. The van der Waals surface area contributed by atoms with Gasteiger partial charge >= 0.3 is 0 Å². The summed E-state index contributed by atoms with van der Waals surface area (Å²) >= 11 is 0. The molecule has 1 saturated heterocycles. The summed E-state index contributed by atoms with van der Waals surface area (Å²) in [5, 5.41) is 7.67. The molecule has 0 aliphatic carbocycles. The number of aromatic nitrogens is 3. The molecule has 24 heavy (non-hydrogen) atoms. The van der Waals surface area contributed by atoms with Crippen LogP contribution in [-0.4, -0.2) is 45.3 Å². The van der Waals surface area contributed by atoms with Gasteiger partial charge in [0.25, 0.3) is 5.56 Å². The van der Waals surface area contributed by atoms with Crippen LogP contribution in [0.1, 0.15) is 25.0 Å². The van der Waals surface area contributed by atoms with E-state index in [0.717, 1.165) is 31.0 Å². The number of anilines is 1. The van der Waals surface area contributed by atoms with Gasteiger partial charge in [0.05, 0.1) is 6.54 Å². The largest absolute Gasteiger partial charge is 0.383 e. The molecule has 1 N–H and O–H groups in total. The smallest absolute Gasteiger partial charge is 0.266 e. The van der Waals surface area contributed by atoms with Gasteiger partial charge in [0, 0.05) is 49.0 Å². The van der Waals surface area contributed by atoms with Crippen LogP contribution in [0.4, 0.5) is 5.69 Å². The van der Waals surface area contributed by atoms with E-state index >= 15 is 0 Å². The van der Waals surface area contributed by atoms with E-state index in [1.54, 1.807) is 23.0 Å². The number of hydrogen-bond acceptors (Lipinski definition) is 5. The molecule has 1 fully saturated rings. The molecule has 2 aromatic heterocycles. The molecule has 1 unspecified atom stereocenters. The van der Waals surface area contributed by atoms with E-state index in [1.165, 1.54) is 19.3 Å².